The largest absolute Gasteiger partial charge is 0.478 e. The first kappa shape index (κ1) is 14.5. The third-order valence-corrected chi connectivity index (χ3v) is 4.59. The average Bonchev–Trinajstić information content (AvgIpc) is 2.94. The molecule has 0 aromatic heterocycles. The van der Waals surface area contributed by atoms with Crippen molar-refractivity contribution >= 4 is 27.8 Å². The van der Waals surface area contributed by atoms with Gasteiger partial charge in [-0.1, -0.05) is 15.9 Å². The molecule has 2 atom stereocenters. The Bertz CT molecular complexity index is 589. The smallest absolute Gasteiger partial charge is 0.335 e. The number of carbonyl (C=O) groups is 2. The molecule has 1 N–H and O–H groups in total. The number of ether oxygens (including phenoxy) is 1. The van der Waals surface area contributed by atoms with Crippen molar-refractivity contribution in [2.75, 3.05) is 13.2 Å². The minimum absolute atomic E-state index is 0.112. The minimum atomic E-state index is -1.04. The molecule has 21 heavy (non-hydrogen) atoms. The third-order valence-electron chi connectivity index (χ3n) is 4.13. The van der Waals surface area contributed by atoms with Gasteiger partial charge in [-0.05, 0) is 37.5 Å². The zero-order valence-electron chi connectivity index (χ0n) is 11.4. The molecular formula is C15H16BrNO4. The predicted octanol–water partition coefficient (Wildman–Crippen LogP) is 2.54. The number of carbonyl (C=O) groups excluding carboxylic acids is 1. The van der Waals surface area contributed by atoms with Crippen molar-refractivity contribution < 1.29 is 19.4 Å². The quantitative estimate of drug-likeness (QED) is 0.887. The zero-order chi connectivity index (χ0) is 15.0. The van der Waals surface area contributed by atoms with Crippen molar-refractivity contribution in [3.05, 3.63) is 33.8 Å². The number of amides is 1. The van der Waals surface area contributed by atoms with Crippen LogP contribution in [0.4, 0.5) is 0 Å². The Kier molecular flexibility index (Phi) is 3.99. The molecule has 1 aliphatic carbocycles. The molecule has 0 bridgehead atoms. The van der Waals surface area contributed by atoms with Gasteiger partial charge in [-0.3, -0.25) is 4.79 Å². The number of aromatic carboxylic acids is 1. The Labute approximate surface area is 131 Å². The van der Waals surface area contributed by atoms with Gasteiger partial charge in [0.05, 0.1) is 24.3 Å². The zero-order valence-corrected chi connectivity index (χ0v) is 13.0. The van der Waals surface area contributed by atoms with E-state index in [0.717, 1.165) is 19.3 Å². The average molecular weight is 354 g/mol. The molecule has 2 fully saturated rings. The minimum Gasteiger partial charge on any atom is -0.478 e. The fraction of sp³-hybridized carbons (Fsp3) is 0.467. The van der Waals surface area contributed by atoms with Gasteiger partial charge in [0.1, 0.15) is 0 Å². The second kappa shape index (κ2) is 5.77. The van der Waals surface area contributed by atoms with Crippen molar-refractivity contribution in [3.8, 4) is 0 Å². The maximum Gasteiger partial charge on any atom is 0.335 e. The van der Waals surface area contributed by atoms with Crippen molar-refractivity contribution in [2.45, 2.75) is 31.4 Å². The lowest BCUT2D eigenvalue weighted by atomic mass is 10.1. The van der Waals surface area contributed by atoms with E-state index >= 15 is 0 Å². The van der Waals surface area contributed by atoms with Gasteiger partial charge < -0.3 is 14.7 Å². The lowest BCUT2D eigenvalue weighted by molar-refractivity contribution is -0.0445. The molecule has 0 radical (unpaired) electrons. The summed E-state index contributed by atoms with van der Waals surface area (Å²) in [7, 11) is 0. The standard InChI is InChI=1S/C15H16BrNO4/c16-11-7-9(6-10(8-11)15(19)20)14(18)17-4-5-21-13-3-1-2-12(13)17/h6-8,12-13H,1-5H2,(H,19,20). The molecule has 1 aliphatic heterocycles. The second-order valence-electron chi connectivity index (χ2n) is 5.44. The van der Waals surface area contributed by atoms with Gasteiger partial charge >= 0.3 is 5.97 Å². The van der Waals surface area contributed by atoms with E-state index in [1.165, 1.54) is 12.1 Å². The molecule has 2 aliphatic rings. The van der Waals surface area contributed by atoms with E-state index < -0.39 is 5.97 Å². The lowest BCUT2D eigenvalue weighted by Crippen LogP contribution is -2.51. The predicted molar refractivity (Wildman–Crippen MR) is 79.5 cm³/mol. The van der Waals surface area contributed by atoms with E-state index in [2.05, 4.69) is 15.9 Å². The number of carboxylic acid groups (broad SMARTS) is 1. The Hall–Kier alpha value is -1.40. The van der Waals surface area contributed by atoms with Crippen LogP contribution in [-0.2, 0) is 4.74 Å². The molecule has 1 heterocycles. The number of rotatable bonds is 2. The number of halogens is 1. The van der Waals surface area contributed by atoms with Crippen molar-refractivity contribution in [2.24, 2.45) is 0 Å². The van der Waals surface area contributed by atoms with Crippen molar-refractivity contribution in [3.63, 3.8) is 0 Å². The molecule has 6 heteroatoms. The van der Waals surface area contributed by atoms with Crippen LogP contribution in [0, 0.1) is 0 Å². The number of morpholine rings is 1. The summed E-state index contributed by atoms with van der Waals surface area (Å²) in [6, 6.07) is 4.73. The SMILES string of the molecule is O=C(O)c1cc(Br)cc(C(=O)N2CCOC3CCCC32)c1. The molecule has 1 aromatic carbocycles. The molecule has 2 unspecified atom stereocenters. The molecule has 112 valence electrons. The summed E-state index contributed by atoms with van der Waals surface area (Å²) >= 11 is 3.27. The van der Waals surface area contributed by atoms with Crippen LogP contribution in [0.3, 0.4) is 0 Å². The van der Waals surface area contributed by atoms with E-state index in [4.69, 9.17) is 9.84 Å². The first-order valence-corrected chi connectivity index (χ1v) is 7.82. The number of nitrogens with zero attached hydrogens (tertiary/aromatic N) is 1. The van der Waals surface area contributed by atoms with Gasteiger partial charge in [0, 0.05) is 16.6 Å². The highest BCUT2D eigenvalue weighted by Crippen LogP contribution is 2.31. The Morgan fingerprint density at radius 2 is 2.00 bits per heavy atom. The molecule has 1 amide bonds. The van der Waals surface area contributed by atoms with Gasteiger partial charge in [0.15, 0.2) is 0 Å². The van der Waals surface area contributed by atoms with Gasteiger partial charge in [0.2, 0.25) is 0 Å². The number of fused-ring (bicyclic) bond motifs is 1. The van der Waals surface area contributed by atoms with E-state index in [1.54, 1.807) is 6.07 Å². The molecule has 5 nitrogen and oxygen atoms in total. The number of carboxylic acids is 1. The fourth-order valence-corrected chi connectivity index (χ4v) is 3.67. The van der Waals surface area contributed by atoms with Crippen LogP contribution in [0.2, 0.25) is 0 Å². The monoisotopic (exact) mass is 353 g/mol. The van der Waals surface area contributed by atoms with Gasteiger partial charge in [-0.15, -0.1) is 0 Å². The van der Waals surface area contributed by atoms with Crippen LogP contribution in [-0.4, -0.2) is 47.2 Å². The van der Waals surface area contributed by atoms with Crippen LogP contribution in [0.25, 0.3) is 0 Å². The van der Waals surface area contributed by atoms with Crippen molar-refractivity contribution in [1.29, 1.82) is 0 Å². The summed E-state index contributed by atoms with van der Waals surface area (Å²) in [5.74, 6) is -1.15. The Balaban J connectivity index is 1.89. The van der Waals surface area contributed by atoms with Crippen LogP contribution >= 0.6 is 15.9 Å². The van der Waals surface area contributed by atoms with E-state index in [9.17, 15) is 9.59 Å². The number of benzene rings is 1. The van der Waals surface area contributed by atoms with Crippen LogP contribution in [0.1, 0.15) is 40.0 Å². The summed E-state index contributed by atoms with van der Waals surface area (Å²) in [5, 5.41) is 9.11. The summed E-state index contributed by atoms with van der Waals surface area (Å²) in [6.45, 7) is 1.11. The summed E-state index contributed by atoms with van der Waals surface area (Å²) < 4.78 is 6.31. The highest BCUT2D eigenvalue weighted by Gasteiger charge is 2.38. The second-order valence-corrected chi connectivity index (χ2v) is 6.36. The highest BCUT2D eigenvalue weighted by atomic mass is 79.9. The van der Waals surface area contributed by atoms with Gasteiger partial charge in [0.25, 0.3) is 5.91 Å². The topological polar surface area (TPSA) is 66.8 Å². The van der Waals surface area contributed by atoms with Gasteiger partial charge in [-0.2, -0.15) is 0 Å². The lowest BCUT2D eigenvalue weighted by Gasteiger charge is -2.37. The number of hydrogen-bond donors (Lipinski definition) is 1. The molecule has 1 saturated carbocycles. The molecule has 1 saturated heterocycles. The van der Waals surface area contributed by atoms with Crippen LogP contribution in [0.5, 0.6) is 0 Å². The number of hydrogen-bond acceptors (Lipinski definition) is 3. The van der Waals surface area contributed by atoms with Crippen molar-refractivity contribution in [1.82, 2.24) is 4.90 Å². The van der Waals surface area contributed by atoms with Crippen LogP contribution < -0.4 is 0 Å². The van der Waals surface area contributed by atoms with Crippen LogP contribution in [0.15, 0.2) is 22.7 Å². The summed E-state index contributed by atoms with van der Waals surface area (Å²) in [6.07, 6.45) is 3.15. The Morgan fingerprint density at radius 3 is 2.76 bits per heavy atom. The maximum absolute atomic E-state index is 12.7. The maximum atomic E-state index is 12.7. The summed E-state index contributed by atoms with van der Waals surface area (Å²) in [5.41, 5.74) is 0.526. The molecule has 1 aromatic rings. The van der Waals surface area contributed by atoms with E-state index in [1.807, 2.05) is 4.90 Å². The highest BCUT2D eigenvalue weighted by molar-refractivity contribution is 9.10. The third kappa shape index (κ3) is 2.82. The molecule has 0 spiro atoms. The molecular weight excluding hydrogens is 338 g/mol. The normalized spacial score (nSPS) is 24.7. The first-order valence-electron chi connectivity index (χ1n) is 7.03. The van der Waals surface area contributed by atoms with E-state index in [-0.39, 0.29) is 23.6 Å². The first-order chi connectivity index (χ1) is 10.1. The Morgan fingerprint density at radius 1 is 1.24 bits per heavy atom. The fourth-order valence-electron chi connectivity index (χ4n) is 3.18. The molecule has 3 rings (SSSR count). The van der Waals surface area contributed by atoms with E-state index in [0.29, 0.717) is 23.2 Å². The summed E-state index contributed by atoms with van der Waals surface area (Å²) in [4.78, 5) is 25.7. The van der Waals surface area contributed by atoms with Gasteiger partial charge in [-0.25, -0.2) is 4.79 Å².